The van der Waals surface area contributed by atoms with E-state index >= 15 is 0 Å². The summed E-state index contributed by atoms with van der Waals surface area (Å²) >= 11 is 0. The summed E-state index contributed by atoms with van der Waals surface area (Å²) in [5.74, 6) is 0.451. The first-order chi connectivity index (χ1) is 13.3. The topological polar surface area (TPSA) is 76.4 Å². The predicted octanol–water partition coefficient (Wildman–Crippen LogP) is 4.84. The van der Waals surface area contributed by atoms with Crippen LogP contribution in [0, 0.1) is 28.6 Å². The normalized spacial score (nSPS) is 20.5. The molecule has 1 aliphatic rings. The van der Waals surface area contributed by atoms with Gasteiger partial charge in [-0.05, 0) is 42.5 Å². The molecule has 0 heterocycles. The van der Waals surface area contributed by atoms with Crippen molar-refractivity contribution in [2.24, 2.45) is 17.3 Å². The van der Waals surface area contributed by atoms with E-state index in [-0.39, 0.29) is 23.0 Å². The minimum absolute atomic E-state index is 0.0374. The van der Waals surface area contributed by atoms with Crippen LogP contribution in [0.2, 0.25) is 0 Å². The number of Topliss-reactive ketones (excluding diaryl/α,β-unsaturated/α-hetero) is 1. The molecule has 5 nitrogen and oxygen atoms in total. The number of carbonyl (C=O) groups is 2. The van der Waals surface area contributed by atoms with E-state index < -0.39 is 12.1 Å². The summed E-state index contributed by atoms with van der Waals surface area (Å²) < 4.78 is 11.3. The first kappa shape index (κ1) is 19.6. The van der Waals surface area contributed by atoms with E-state index in [1.807, 2.05) is 50.2 Å². The highest BCUT2D eigenvalue weighted by Gasteiger charge is 2.62. The van der Waals surface area contributed by atoms with Gasteiger partial charge in [-0.1, -0.05) is 44.2 Å². The number of nitriles is 1. The van der Waals surface area contributed by atoms with E-state index in [4.69, 9.17) is 9.47 Å². The number of hydrogen-bond donors (Lipinski definition) is 0. The Hall–Kier alpha value is -3.13. The second-order valence-electron chi connectivity index (χ2n) is 7.75. The van der Waals surface area contributed by atoms with Gasteiger partial charge in [-0.15, -0.1) is 0 Å². The van der Waals surface area contributed by atoms with Gasteiger partial charge in [-0.3, -0.25) is 4.79 Å². The highest BCUT2D eigenvalue weighted by atomic mass is 16.5. The summed E-state index contributed by atoms with van der Waals surface area (Å²) in [5.41, 5.74) is 0.256. The Kier molecular flexibility index (Phi) is 5.51. The average molecular weight is 377 g/mol. The third-order valence-corrected chi connectivity index (χ3v) is 5.30. The zero-order valence-corrected chi connectivity index (χ0v) is 16.2. The van der Waals surface area contributed by atoms with E-state index in [1.165, 1.54) is 6.92 Å². The molecule has 2 aromatic carbocycles. The summed E-state index contributed by atoms with van der Waals surface area (Å²) in [6, 6.07) is 18.3. The van der Waals surface area contributed by atoms with Gasteiger partial charge in [0, 0.05) is 12.0 Å². The van der Waals surface area contributed by atoms with Crippen molar-refractivity contribution in [1.82, 2.24) is 0 Å². The molecular formula is C23H23NO4. The maximum absolute atomic E-state index is 12.6. The minimum Gasteiger partial charge on any atom is -0.457 e. The SMILES string of the molecule is CC(=O)CC1C(C(=O)OC(C#N)c2cccc(Oc3ccccc3)c2)C1(C)C. The van der Waals surface area contributed by atoms with Gasteiger partial charge in [0.25, 0.3) is 0 Å². The Morgan fingerprint density at radius 2 is 1.79 bits per heavy atom. The van der Waals surface area contributed by atoms with Crippen molar-refractivity contribution in [3.63, 3.8) is 0 Å². The lowest BCUT2D eigenvalue weighted by atomic mass is 10.1. The molecule has 3 atom stereocenters. The van der Waals surface area contributed by atoms with Crippen LogP contribution in [0.15, 0.2) is 54.6 Å². The molecule has 1 fully saturated rings. The molecule has 1 saturated carbocycles. The fourth-order valence-electron chi connectivity index (χ4n) is 3.63. The Labute approximate surface area is 164 Å². The second-order valence-corrected chi connectivity index (χ2v) is 7.75. The molecule has 5 heteroatoms. The van der Waals surface area contributed by atoms with Crippen LogP contribution >= 0.6 is 0 Å². The van der Waals surface area contributed by atoms with Crippen molar-refractivity contribution in [3.05, 3.63) is 60.2 Å². The van der Waals surface area contributed by atoms with Gasteiger partial charge in [0.2, 0.25) is 6.10 Å². The molecule has 144 valence electrons. The van der Waals surface area contributed by atoms with Crippen LogP contribution in [0.3, 0.4) is 0 Å². The second kappa shape index (κ2) is 7.85. The molecule has 0 spiro atoms. The molecule has 0 N–H and O–H groups in total. The van der Waals surface area contributed by atoms with Crippen molar-refractivity contribution in [2.75, 3.05) is 0 Å². The first-order valence-electron chi connectivity index (χ1n) is 9.25. The Bertz CT molecular complexity index is 914. The van der Waals surface area contributed by atoms with Crippen molar-refractivity contribution < 1.29 is 19.1 Å². The van der Waals surface area contributed by atoms with Crippen LogP contribution in [0.4, 0.5) is 0 Å². The van der Waals surface area contributed by atoms with Crippen LogP contribution in [-0.4, -0.2) is 11.8 Å². The molecule has 3 rings (SSSR count). The number of ketones is 1. The fraction of sp³-hybridized carbons (Fsp3) is 0.348. The van der Waals surface area contributed by atoms with E-state index in [1.54, 1.807) is 24.3 Å². The zero-order valence-electron chi connectivity index (χ0n) is 16.2. The van der Waals surface area contributed by atoms with E-state index in [0.29, 0.717) is 23.5 Å². The van der Waals surface area contributed by atoms with Gasteiger partial charge < -0.3 is 14.3 Å². The van der Waals surface area contributed by atoms with Crippen molar-refractivity contribution in [2.45, 2.75) is 33.3 Å². The molecule has 2 aromatic rings. The van der Waals surface area contributed by atoms with Crippen LogP contribution in [0.5, 0.6) is 11.5 Å². The smallest absolute Gasteiger partial charge is 0.311 e. The van der Waals surface area contributed by atoms with Gasteiger partial charge in [-0.25, -0.2) is 0 Å². The highest BCUT2D eigenvalue weighted by molar-refractivity contribution is 5.82. The van der Waals surface area contributed by atoms with Crippen LogP contribution in [0.1, 0.15) is 38.9 Å². The lowest BCUT2D eigenvalue weighted by molar-refractivity contribution is -0.149. The number of ether oxygens (including phenoxy) is 2. The molecule has 0 bridgehead atoms. The predicted molar refractivity (Wildman–Crippen MR) is 103 cm³/mol. The number of nitrogens with zero attached hydrogens (tertiary/aromatic N) is 1. The van der Waals surface area contributed by atoms with Crippen molar-refractivity contribution >= 4 is 11.8 Å². The maximum atomic E-state index is 12.6. The van der Waals surface area contributed by atoms with Gasteiger partial charge in [-0.2, -0.15) is 5.26 Å². The van der Waals surface area contributed by atoms with E-state index in [9.17, 15) is 14.9 Å². The highest BCUT2D eigenvalue weighted by Crippen LogP contribution is 2.60. The molecule has 0 radical (unpaired) electrons. The number of benzene rings is 2. The number of para-hydroxylation sites is 1. The summed E-state index contributed by atoms with van der Waals surface area (Å²) in [5, 5.41) is 9.53. The third-order valence-electron chi connectivity index (χ3n) is 5.30. The zero-order chi connectivity index (χ0) is 20.3. The molecule has 0 aromatic heterocycles. The molecule has 0 aliphatic heterocycles. The molecule has 1 aliphatic carbocycles. The van der Waals surface area contributed by atoms with Crippen molar-refractivity contribution in [3.8, 4) is 17.6 Å². The van der Waals surface area contributed by atoms with Gasteiger partial charge in [0.05, 0.1) is 5.92 Å². The van der Waals surface area contributed by atoms with Crippen molar-refractivity contribution in [1.29, 1.82) is 5.26 Å². The number of carbonyl (C=O) groups excluding carboxylic acids is 2. The lowest BCUT2D eigenvalue weighted by Crippen LogP contribution is -2.14. The van der Waals surface area contributed by atoms with Crippen LogP contribution in [0.25, 0.3) is 0 Å². The Morgan fingerprint density at radius 3 is 2.43 bits per heavy atom. The largest absolute Gasteiger partial charge is 0.457 e. The summed E-state index contributed by atoms with van der Waals surface area (Å²) in [7, 11) is 0. The van der Waals surface area contributed by atoms with Gasteiger partial charge >= 0.3 is 5.97 Å². The standard InChI is InChI=1S/C23H23NO4/c1-15(25)12-19-21(23(19,2)3)22(26)28-20(14-24)16-8-7-11-18(13-16)27-17-9-5-4-6-10-17/h4-11,13,19-21H,12H2,1-3H3. The lowest BCUT2D eigenvalue weighted by Gasteiger charge is -2.13. The summed E-state index contributed by atoms with van der Waals surface area (Å²) in [4.78, 5) is 24.0. The summed E-state index contributed by atoms with van der Waals surface area (Å²) in [6.45, 7) is 5.41. The first-order valence-corrected chi connectivity index (χ1v) is 9.25. The third kappa shape index (κ3) is 4.23. The minimum atomic E-state index is -1.03. The van der Waals surface area contributed by atoms with E-state index in [0.717, 1.165) is 0 Å². The molecule has 3 unspecified atom stereocenters. The maximum Gasteiger partial charge on any atom is 0.311 e. The number of hydrogen-bond acceptors (Lipinski definition) is 5. The number of rotatable bonds is 7. The average Bonchev–Trinajstić information content (AvgIpc) is 3.20. The summed E-state index contributed by atoms with van der Waals surface area (Å²) in [6.07, 6.45) is -0.675. The van der Waals surface area contributed by atoms with Crippen LogP contribution < -0.4 is 4.74 Å². The van der Waals surface area contributed by atoms with Gasteiger partial charge in [0.1, 0.15) is 23.4 Å². The fourth-order valence-corrected chi connectivity index (χ4v) is 3.63. The quantitative estimate of drug-likeness (QED) is 0.646. The Balaban J connectivity index is 1.70. The number of esters is 1. The molecular weight excluding hydrogens is 354 g/mol. The molecule has 0 saturated heterocycles. The van der Waals surface area contributed by atoms with Gasteiger partial charge in [0.15, 0.2) is 0 Å². The Morgan fingerprint density at radius 1 is 1.11 bits per heavy atom. The molecule has 0 amide bonds. The van der Waals surface area contributed by atoms with Crippen LogP contribution in [-0.2, 0) is 14.3 Å². The molecule has 28 heavy (non-hydrogen) atoms. The monoisotopic (exact) mass is 377 g/mol. The van der Waals surface area contributed by atoms with E-state index in [2.05, 4.69) is 0 Å².